The van der Waals surface area contributed by atoms with Crippen LogP contribution in [0, 0.1) is 5.41 Å². The van der Waals surface area contributed by atoms with E-state index in [0.717, 1.165) is 0 Å². The minimum atomic E-state index is -5.12. The molecular formula is C9H15F3O5S. The zero-order valence-electron chi connectivity index (χ0n) is 10.3. The first-order valence-corrected chi connectivity index (χ1v) is 6.45. The van der Waals surface area contributed by atoms with Gasteiger partial charge in [0, 0.05) is 0 Å². The summed E-state index contributed by atoms with van der Waals surface area (Å²) in [6.07, 6.45) is -5.12. The highest BCUT2D eigenvalue weighted by Crippen LogP contribution is 2.36. The number of carbonyl (C=O) groups is 1. The Labute approximate surface area is 103 Å². The van der Waals surface area contributed by atoms with Crippen LogP contribution < -0.4 is 0 Å². The van der Waals surface area contributed by atoms with Crippen LogP contribution in [0.3, 0.4) is 0 Å². The Morgan fingerprint density at radius 1 is 1.17 bits per heavy atom. The van der Waals surface area contributed by atoms with Crippen LogP contribution in [0.2, 0.25) is 0 Å². The number of ether oxygens (including phenoxy) is 1. The summed E-state index contributed by atoms with van der Waals surface area (Å²) >= 11 is 0. The molecule has 18 heavy (non-hydrogen) atoms. The van der Waals surface area contributed by atoms with Gasteiger partial charge in [0.05, 0.1) is 5.41 Å². The molecule has 1 N–H and O–H groups in total. The van der Waals surface area contributed by atoms with Gasteiger partial charge in [0.25, 0.3) is 10.1 Å². The van der Waals surface area contributed by atoms with Gasteiger partial charge in [-0.2, -0.15) is 21.6 Å². The van der Waals surface area contributed by atoms with Gasteiger partial charge in [-0.15, -0.1) is 0 Å². The van der Waals surface area contributed by atoms with Gasteiger partial charge in [0.1, 0.15) is 5.75 Å². The van der Waals surface area contributed by atoms with Gasteiger partial charge in [0.2, 0.25) is 5.60 Å². The number of hydrogen-bond acceptors (Lipinski definition) is 4. The van der Waals surface area contributed by atoms with E-state index in [2.05, 4.69) is 4.74 Å². The standard InChI is InChI=1S/C9H15F3O5S/c1-7(2,3)6(13)17-8(4,9(10,11)12)5-18(14,15)16/h5H2,1-4H3,(H,14,15,16). The molecule has 0 bridgehead atoms. The minimum Gasteiger partial charge on any atom is -0.448 e. The van der Waals surface area contributed by atoms with Crippen LogP contribution in [0.1, 0.15) is 27.7 Å². The van der Waals surface area contributed by atoms with Crippen LogP contribution in [0.5, 0.6) is 0 Å². The molecule has 1 atom stereocenters. The van der Waals surface area contributed by atoms with Crippen molar-refractivity contribution in [1.82, 2.24) is 0 Å². The average Bonchev–Trinajstić information content (AvgIpc) is 1.95. The van der Waals surface area contributed by atoms with Gasteiger partial charge >= 0.3 is 12.1 Å². The summed E-state index contributed by atoms with van der Waals surface area (Å²) in [5, 5.41) is 0. The summed E-state index contributed by atoms with van der Waals surface area (Å²) < 4.78 is 72.1. The Morgan fingerprint density at radius 2 is 1.56 bits per heavy atom. The third-order valence-corrected chi connectivity index (χ3v) is 2.90. The first-order chi connectivity index (χ1) is 7.58. The smallest absolute Gasteiger partial charge is 0.429 e. The van der Waals surface area contributed by atoms with Gasteiger partial charge in [-0.25, -0.2) is 0 Å². The van der Waals surface area contributed by atoms with Crippen molar-refractivity contribution in [3.05, 3.63) is 0 Å². The molecule has 0 spiro atoms. The van der Waals surface area contributed by atoms with Gasteiger partial charge in [-0.05, 0) is 27.7 Å². The van der Waals surface area contributed by atoms with Crippen LogP contribution in [0.4, 0.5) is 13.2 Å². The van der Waals surface area contributed by atoms with E-state index in [4.69, 9.17) is 4.55 Å². The van der Waals surface area contributed by atoms with Crippen LogP contribution in [-0.4, -0.2) is 36.5 Å². The Bertz CT molecular complexity index is 420. The largest absolute Gasteiger partial charge is 0.448 e. The summed E-state index contributed by atoms with van der Waals surface area (Å²) in [6, 6.07) is 0. The summed E-state index contributed by atoms with van der Waals surface area (Å²) in [5.41, 5.74) is -4.52. The van der Waals surface area contributed by atoms with Crippen LogP contribution in [0.15, 0.2) is 0 Å². The molecule has 1 unspecified atom stereocenters. The first kappa shape index (κ1) is 17.2. The summed E-state index contributed by atoms with van der Waals surface area (Å²) in [4.78, 5) is 11.4. The molecular weight excluding hydrogens is 277 g/mol. The van der Waals surface area contributed by atoms with E-state index in [1.165, 1.54) is 20.8 Å². The summed E-state index contributed by atoms with van der Waals surface area (Å²) in [7, 11) is -4.95. The Morgan fingerprint density at radius 3 is 1.78 bits per heavy atom. The topological polar surface area (TPSA) is 80.7 Å². The fourth-order valence-corrected chi connectivity index (χ4v) is 1.79. The molecule has 0 heterocycles. The molecule has 0 aliphatic heterocycles. The predicted octanol–water partition coefficient (Wildman–Crippen LogP) is 1.78. The lowest BCUT2D eigenvalue weighted by molar-refractivity contribution is -0.259. The van der Waals surface area contributed by atoms with Gasteiger partial charge in [0.15, 0.2) is 0 Å². The lowest BCUT2D eigenvalue weighted by Gasteiger charge is -2.32. The third-order valence-electron chi connectivity index (χ3n) is 1.99. The van der Waals surface area contributed by atoms with E-state index in [1.54, 1.807) is 0 Å². The first-order valence-electron chi connectivity index (χ1n) is 4.84. The zero-order chi connectivity index (χ0) is 15.0. The van der Waals surface area contributed by atoms with Gasteiger partial charge < -0.3 is 4.74 Å². The zero-order valence-corrected chi connectivity index (χ0v) is 11.1. The molecule has 9 heteroatoms. The number of halogens is 3. The van der Waals surface area contributed by atoms with Crippen LogP contribution in [0.25, 0.3) is 0 Å². The average molecular weight is 292 g/mol. The lowest BCUT2D eigenvalue weighted by Crippen LogP contribution is -2.52. The van der Waals surface area contributed by atoms with Crippen molar-refractivity contribution in [3.63, 3.8) is 0 Å². The molecule has 0 aliphatic carbocycles. The Balaban J connectivity index is 5.35. The Kier molecular flexibility index (Phi) is 4.47. The predicted molar refractivity (Wildman–Crippen MR) is 56.4 cm³/mol. The van der Waals surface area contributed by atoms with Crippen molar-refractivity contribution in [3.8, 4) is 0 Å². The quantitative estimate of drug-likeness (QED) is 0.633. The van der Waals surface area contributed by atoms with Crippen molar-refractivity contribution >= 4 is 16.1 Å². The van der Waals surface area contributed by atoms with Crippen LogP contribution in [-0.2, 0) is 19.6 Å². The molecule has 0 aromatic rings. The monoisotopic (exact) mass is 292 g/mol. The van der Waals surface area contributed by atoms with Gasteiger partial charge in [-0.1, -0.05) is 0 Å². The number of rotatable bonds is 3. The second-order valence-electron chi connectivity index (χ2n) is 5.09. The molecule has 108 valence electrons. The molecule has 0 radical (unpaired) electrons. The summed E-state index contributed by atoms with van der Waals surface area (Å²) in [6.45, 7) is 4.35. The normalized spacial score (nSPS) is 17.1. The molecule has 0 amide bonds. The highest BCUT2D eigenvalue weighted by molar-refractivity contribution is 7.85. The van der Waals surface area contributed by atoms with E-state index in [0.29, 0.717) is 6.92 Å². The maximum Gasteiger partial charge on any atom is 0.429 e. The molecule has 0 aromatic heterocycles. The SMILES string of the molecule is CC(C)(C)C(=O)OC(C)(CS(=O)(=O)O)C(F)(F)F. The number of alkyl halides is 3. The fourth-order valence-electron chi connectivity index (χ4n) is 0.875. The second kappa shape index (κ2) is 4.69. The molecule has 0 rings (SSSR count). The molecule has 0 saturated carbocycles. The van der Waals surface area contributed by atoms with Gasteiger partial charge in [-0.3, -0.25) is 9.35 Å². The second-order valence-corrected chi connectivity index (χ2v) is 6.55. The fraction of sp³-hybridized carbons (Fsp3) is 0.889. The van der Waals surface area contributed by atoms with E-state index in [-0.39, 0.29) is 0 Å². The van der Waals surface area contributed by atoms with Crippen molar-refractivity contribution in [2.45, 2.75) is 39.5 Å². The minimum absolute atomic E-state index is 0.393. The highest BCUT2D eigenvalue weighted by atomic mass is 32.2. The summed E-state index contributed by atoms with van der Waals surface area (Å²) in [5.74, 6) is -2.96. The molecule has 0 saturated heterocycles. The Hall–Kier alpha value is -0.830. The van der Waals surface area contributed by atoms with Crippen molar-refractivity contribution < 1.29 is 35.7 Å². The molecule has 0 aromatic carbocycles. The number of esters is 1. The maximum absolute atomic E-state index is 12.7. The van der Waals surface area contributed by atoms with Crippen molar-refractivity contribution in [1.29, 1.82) is 0 Å². The van der Waals surface area contributed by atoms with E-state index >= 15 is 0 Å². The number of hydrogen-bond donors (Lipinski definition) is 1. The van der Waals surface area contributed by atoms with Crippen molar-refractivity contribution in [2.24, 2.45) is 5.41 Å². The molecule has 0 fully saturated rings. The third kappa shape index (κ3) is 4.81. The lowest BCUT2D eigenvalue weighted by atomic mass is 9.96. The maximum atomic E-state index is 12.7. The van der Waals surface area contributed by atoms with E-state index in [9.17, 15) is 26.4 Å². The van der Waals surface area contributed by atoms with E-state index in [1.807, 2.05) is 0 Å². The highest BCUT2D eigenvalue weighted by Gasteiger charge is 2.57. The molecule has 0 aliphatic rings. The van der Waals surface area contributed by atoms with E-state index < -0.39 is 39.0 Å². The van der Waals surface area contributed by atoms with Crippen molar-refractivity contribution in [2.75, 3.05) is 5.75 Å². The molecule has 5 nitrogen and oxygen atoms in total. The number of carbonyl (C=O) groups excluding carboxylic acids is 1. The van der Waals surface area contributed by atoms with Crippen LogP contribution >= 0.6 is 0 Å².